The smallest absolute Gasteiger partial charge is 0.159 e. The van der Waals surface area contributed by atoms with Gasteiger partial charge in [0.15, 0.2) is 5.58 Å². The van der Waals surface area contributed by atoms with Crippen LogP contribution in [0.3, 0.4) is 0 Å². The van der Waals surface area contributed by atoms with E-state index < -0.39 is 0 Å². The van der Waals surface area contributed by atoms with Gasteiger partial charge in [-0.05, 0) is 139 Å². The van der Waals surface area contributed by atoms with Crippen LogP contribution in [-0.4, -0.2) is 0 Å². The molecule has 0 saturated heterocycles. The summed E-state index contributed by atoms with van der Waals surface area (Å²) in [5.41, 5.74) is 23.0. The summed E-state index contributed by atoms with van der Waals surface area (Å²) in [5, 5.41) is 11.1. The zero-order valence-electron chi connectivity index (χ0n) is 47.4. The summed E-state index contributed by atoms with van der Waals surface area (Å²) in [4.78, 5) is 4.92. The molecule has 0 bridgehead atoms. The Morgan fingerprint density at radius 2 is 0.800 bits per heavy atom. The lowest BCUT2D eigenvalue weighted by molar-refractivity contribution is 0.660. The minimum atomic E-state index is -0.206. The predicted octanol–water partition coefficient (Wildman–Crippen LogP) is 22.9. The lowest BCUT2D eigenvalue weighted by atomic mass is 9.82. The van der Waals surface area contributed by atoms with Crippen LogP contribution in [0.2, 0.25) is 0 Å². The Morgan fingerprint density at radius 3 is 1.54 bits per heavy atom. The summed E-state index contributed by atoms with van der Waals surface area (Å²) in [5.74, 6) is 0. The molecule has 18 rings (SSSR count). The predicted molar refractivity (Wildman–Crippen MR) is 353 cm³/mol. The number of furan rings is 3. The van der Waals surface area contributed by atoms with Crippen molar-refractivity contribution >= 4 is 121 Å². The minimum absolute atomic E-state index is 0.198. The molecule has 85 heavy (non-hydrogen) atoms. The van der Waals surface area contributed by atoms with E-state index in [1.165, 1.54) is 66.1 Å². The number of rotatable bonds is 7. The molecule has 0 N–H and O–H groups in total. The van der Waals surface area contributed by atoms with Gasteiger partial charge in [0.1, 0.15) is 27.9 Å². The van der Waals surface area contributed by atoms with Gasteiger partial charge in [-0.25, -0.2) is 0 Å². The Labute approximate surface area is 490 Å². The average Bonchev–Trinajstić information content (AvgIpc) is 1.76. The normalized spacial score (nSPS) is 13.8. The standard InChI is InChI=1S/C80H54N2O3/c1-79(2)60-26-11-7-21-55(60)73-62(79)28-16-30-64(73)81(50-41-39-48-38-37-47-19-5-6-20-51(47)59(48)46-50)67-44-43-52(78-76(67)58-24-10-14-35-70(58)84-78)49-40-42-53-54-25-15-33-68(77(54)85-72(53)45-49)82(66-32-18-36-71-75(66)57-23-9-13-34-69(57)83-71)65-31-17-29-63-74(65)56-22-8-12-27-61(56)80(63,3)4/h5-46H,1-4H3. The first-order chi connectivity index (χ1) is 41.7. The van der Waals surface area contributed by atoms with Crippen LogP contribution in [-0.2, 0) is 10.8 Å². The van der Waals surface area contributed by atoms with Gasteiger partial charge >= 0.3 is 0 Å². The van der Waals surface area contributed by atoms with Crippen molar-refractivity contribution in [1.29, 1.82) is 0 Å². The summed E-state index contributed by atoms with van der Waals surface area (Å²) in [7, 11) is 0. The molecule has 0 fully saturated rings. The lowest BCUT2D eigenvalue weighted by Gasteiger charge is -2.30. The Bertz CT molecular complexity index is 5530. The summed E-state index contributed by atoms with van der Waals surface area (Å²) < 4.78 is 21.2. The van der Waals surface area contributed by atoms with Gasteiger partial charge in [0.2, 0.25) is 0 Å². The van der Waals surface area contributed by atoms with Gasteiger partial charge in [-0.1, -0.05) is 204 Å². The third-order valence-electron chi connectivity index (χ3n) is 19.0. The van der Waals surface area contributed by atoms with E-state index in [1.807, 2.05) is 6.07 Å². The second-order valence-electron chi connectivity index (χ2n) is 24.3. The van der Waals surface area contributed by atoms with Crippen molar-refractivity contribution in [1.82, 2.24) is 0 Å². The van der Waals surface area contributed by atoms with E-state index in [4.69, 9.17) is 13.3 Å². The molecule has 3 aromatic heterocycles. The number of hydrogen-bond acceptors (Lipinski definition) is 5. The molecular weight excluding hydrogens is 1040 g/mol. The van der Waals surface area contributed by atoms with Crippen molar-refractivity contribution in [2.45, 2.75) is 38.5 Å². The van der Waals surface area contributed by atoms with E-state index in [0.717, 1.165) is 111 Å². The second kappa shape index (κ2) is 17.5. The van der Waals surface area contributed by atoms with Crippen molar-refractivity contribution in [3.05, 3.63) is 277 Å². The zero-order chi connectivity index (χ0) is 56.4. The molecule has 0 amide bonds. The first kappa shape index (κ1) is 48.0. The van der Waals surface area contributed by atoms with Crippen LogP contribution in [0.25, 0.3) is 121 Å². The minimum Gasteiger partial charge on any atom is -0.456 e. The maximum Gasteiger partial charge on any atom is 0.159 e. The number of nitrogens with zero attached hydrogens (tertiary/aromatic N) is 2. The second-order valence-corrected chi connectivity index (χ2v) is 24.3. The van der Waals surface area contributed by atoms with E-state index in [1.54, 1.807) is 0 Å². The van der Waals surface area contributed by atoms with Crippen LogP contribution in [0.1, 0.15) is 49.9 Å². The van der Waals surface area contributed by atoms with Crippen molar-refractivity contribution in [3.63, 3.8) is 0 Å². The maximum absolute atomic E-state index is 7.38. The molecule has 2 aliphatic carbocycles. The summed E-state index contributed by atoms with van der Waals surface area (Å²) in [6.45, 7) is 9.41. The molecule has 0 saturated carbocycles. The van der Waals surface area contributed by atoms with Crippen molar-refractivity contribution in [3.8, 4) is 33.4 Å². The fourth-order valence-corrected chi connectivity index (χ4v) is 15.1. The van der Waals surface area contributed by atoms with Gasteiger partial charge < -0.3 is 23.1 Å². The fourth-order valence-electron chi connectivity index (χ4n) is 15.1. The number of anilines is 6. The number of fused-ring (bicyclic) bond motifs is 18. The molecule has 0 spiro atoms. The Balaban J connectivity index is 0.858. The molecule has 5 heteroatoms. The van der Waals surface area contributed by atoms with Gasteiger partial charge in [0, 0.05) is 54.8 Å². The van der Waals surface area contributed by atoms with Crippen molar-refractivity contribution in [2.24, 2.45) is 0 Å². The number of para-hydroxylation sites is 3. The molecule has 0 atom stereocenters. The van der Waals surface area contributed by atoms with E-state index >= 15 is 0 Å². The van der Waals surface area contributed by atoms with Crippen LogP contribution in [0.15, 0.2) is 268 Å². The number of benzene rings is 13. The molecular formula is C80H54N2O3. The topological polar surface area (TPSA) is 45.9 Å². The third-order valence-corrected chi connectivity index (χ3v) is 19.0. The van der Waals surface area contributed by atoms with Crippen molar-refractivity contribution < 1.29 is 13.3 Å². The SMILES string of the molecule is CC1(C)c2ccccc2-c2c(N(c3cccc4c3oc3cc(-c5ccc(N(c6ccc7ccc8ccccc8c7c6)c6cccc7c6-c6ccccc6C7(C)C)c6c5oc5ccccc56)ccc34)c3cccc4oc5ccccc5c34)cccc21. The molecule has 2 aliphatic rings. The van der Waals surface area contributed by atoms with E-state index in [-0.39, 0.29) is 10.8 Å². The Kier molecular flexibility index (Phi) is 9.85. The highest BCUT2D eigenvalue weighted by Crippen LogP contribution is 2.58. The molecule has 3 heterocycles. The molecule has 0 unspecified atom stereocenters. The Hall–Kier alpha value is -10.6. The third kappa shape index (κ3) is 6.69. The molecule has 13 aromatic carbocycles. The zero-order valence-corrected chi connectivity index (χ0v) is 47.4. The largest absolute Gasteiger partial charge is 0.456 e. The highest BCUT2D eigenvalue weighted by atomic mass is 16.3. The first-order valence-electron chi connectivity index (χ1n) is 29.5. The first-order valence-corrected chi connectivity index (χ1v) is 29.5. The summed E-state index contributed by atoms with van der Waals surface area (Å²) in [6.07, 6.45) is 0. The van der Waals surface area contributed by atoms with Crippen molar-refractivity contribution in [2.75, 3.05) is 9.80 Å². The molecule has 0 aliphatic heterocycles. The van der Waals surface area contributed by atoms with Gasteiger partial charge in [-0.15, -0.1) is 0 Å². The molecule has 402 valence electrons. The highest BCUT2D eigenvalue weighted by molar-refractivity contribution is 6.21. The number of hydrogen-bond donors (Lipinski definition) is 0. The summed E-state index contributed by atoms with van der Waals surface area (Å²) >= 11 is 0. The average molecular weight is 1090 g/mol. The highest BCUT2D eigenvalue weighted by Gasteiger charge is 2.40. The van der Waals surface area contributed by atoms with Crippen LogP contribution in [0.4, 0.5) is 34.1 Å². The Morgan fingerprint density at radius 1 is 0.282 bits per heavy atom. The molecule has 0 radical (unpaired) electrons. The van der Waals surface area contributed by atoms with Crippen LogP contribution >= 0.6 is 0 Å². The van der Waals surface area contributed by atoms with Gasteiger partial charge in [-0.3, -0.25) is 0 Å². The monoisotopic (exact) mass is 1090 g/mol. The van der Waals surface area contributed by atoms with Gasteiger partial charge in [0.05, 0.1) is 39.2 Å². The molecule has 16 aromatic rings. The fraction of sp³-hybridized carbons (Fsp3) is 0.0750. The van der Waals surface area contributed by atoms with E-state index in [9.17, 15) is 0 Å². The molecule has 5 nitrogen and oxygen atoms in total. The summed E-state index contributed by atoms with van der Waals surface area (Å²) in [6, 6.07) is 92.8. The van der Waals surface area contributed by atoms with Crippen LogP contribution in [0, 0.1) is 0 Å². The van der Waals surface area contributed by atoms with Gasteiger partial charge in [-0.2, -0.15) is 0 Å². The quantitative estimate of drug-likeness (QED) is 0.149. The van der Waals surface area contributed by atoms with E-state index in [2.05, 4.69) is 286 Å². The van der Waals surface area contributed by atoms with Gasteiger partial charge in [0.25, 0.3) is 0 Å². The lowest BCUT2D eigenvalue weighted by Crippen LogP contribution is -2.16. The van der Waals surface area contributed by atoms with E-state index in [0.29, 0.717) is 0 Å². The van der Waals surface area contributed by atoms with Crippen LogP contribution < -0.4 is 9.80 Å². The maximum atomic E-state index is 7.38. The van der Waals surface area contributed by atoms with Crippen LogP contribution in [0.5, 0.6) is 0 Å².